The van der Waals surface area contributed by atoms with Gasteiger partial charge in [0.1, 0.15) is 0 Å². The summed E-state index contributed by atoms with van der Waals surface area (Å²) in [7, 11) is 1.39. The van der Waals surface area contributed by atoms with Gasteiger partial charge >= 0.3 is 5.97 Å². The number of ether oxygens (including phenoxy) is 1. The van der Waals surface area contributed by atoms with Crippen LogP contribution >= 0.6 is 0 Å². The second kappa shape index (κ2) is 6.11. The van der Waals surface area contributed by atoms with Crippen molar-refractivity contribution >= 4 is 11.9 Å². The smallest absolute Gasteiger partial charge is 0.303 e. The minimum atomic E-state index is -0.896. The summed E-state index contributed by atoms with van der Waals surface area (Å²) < 4.78 is 18.4. The highest BCUT2D eigenvalue weighted by Gasteiger charge is 2.38. The average molecular weight is 295 g/mol. The Bertz CT molecular complexity index is 561. The van der Waals surface area contributed by atoms with Crippen LogP contribution in [-0.4, -0.2) is 29.6 Å². The maximum absolute atomic E-state index is 13.4. The number of methoxy groups -OCH3 is 1. The second-order valence-corrected chi connectivity index (χ2v) is 5.37. The molecule has 1 fully saturated rings. The van der Waals surface area contributed by atoms with Gasteiger partial charge in [0.25, 0.3) is 0 Å². The molecule has 0 bridgehead atoms. The normalized spacial score (nSPS) is 21.1. The molecule has 114 valence electrons. The van der Waals surface area contributed by atoms with Crippen molar-refractivity contribution < 1.29 is 23.8 Å². The molecule has 6 heteroatoms. The van der Waals surface area contributed by atoms with E-state index in [4.69, 9.17) is 9.84 Å². The minimum absolute atomic E-state index is 0.0153. The van der Waals surface area contributed by atoms with Gasteiger partial charge < -0.3 is 15.2 Å². The molecule has 1 saturated heterocycles. The Kier molecular flexibility index (Phi) is 4.45. The lowest BCUT2D eigenvalue weighted by Gasteiger charge is -2.29. The molecule has 1 amide bonds. The van der Waals surface area contributed by atoms with E-state index < -0.39 is 17.3 Å². The summed E-state index contributed by atoms with van der Waals surface area (Å²) in [6.45, 7) is 0. The van der Waals surface area contributed by atoms with E-state index in [2.05, 4.69) is 5.32 Å². The summed E-state index contributed by atoms with van der Waals surface area (Å²) in [5.41, 5.74) is 0.235. The quantitative estimate of drug-likeness (QED) is 0.840. The van der Waals surface area contributed by atoms with Crippen molar-refractivity contribution in [2.75, 3.05) is 7.11 Å². The monoisotopic (exact) mass is 295 g/mol. The summed E-state index contributed by atoms with van der Waals surface area (Å²) >= 11 is 0. The van der Waals surface area contributed by atoms with Gasteiger partial charge in [-0.1, -0.05) is 6.07 Å². The van der Waals surface area contributed by atoms with Crippen molar-refractivity contribution in [3.63, 3.8) is 0 Å². The first-order valence-corrected chi connectivity index (χ1v) is 6.79. The lowest BCUT2D eigenvalue weighted by atomic mass is 9.85. The van der Waals surface area contributed by atoms with Crippen LogP contribution in [0, 0.1) is 5.82 Å². The zero-order valence-electron chi connectivity index (χ0n) is 11.8. The molecule has 0 aromatic heterocycles. The highest BCUT2D eigenvalue weighted by molar-refractivity contribution is 5.79. The fourth-order valence-electron chi connectivity index (χ4n) is 2.73. The predicted octanol–water partition coefficient (Wildman–Crippen LogP) is 1.89. The Balaban J connectivity index is 2.18. The van der Waals surface area contributed by atoms with E-state index in [9.17, 15) is 14.0 Å². The van der Waals surface area contributed by atoms with Gasteiger partial charge in [-0.05, 0) is 37.0 Å². The Labute approximate surface area is 122 Å². The number of rotatable bonds is 6. The van der Waals surface area contributed by atoms with Gasteiger partial charge in [-0.15, -0.1) is 0 Å². The van der Waals surface area contributed by atoms with Crippen molar-refractivity contribution in [3.8, 4) is 5.75 Å². The molecular formula is C15H18FNO4. The van der Waals surface area contributed by atoms with Crippen molar-refractivity contribution in [2.45, 2.75) is 37.6 Å². The lowest BCUT2D eigenvalue weighted by molar-refractivity contribution is -0.137. The number of carboxylic acid groups (broad SMARTS) is 1. The molecule has 0 spiro atoms. The molecule has 1 aromatic carbocycles. The van der Waals surface area contributed by atoms with Crippen LogP contribution in [0.4, 0.5) is 4.39 Å². The molecule has 2 rings (SSSR count). The molecule has 5 nitrogen and oxygen atoms in total. The van der Waals surface area contributed by atoms with Crippen LogP contribution in [0.1, 0.15) is 31.2 Å². The SMILES string of the molecule is COc1cc(C[C@]2(CCC(=O)O)CCC(=O)N2)ccc1F. The number of carbonyl (C=O) groups excluding carboxylic acids is 1. The first-order valence-electron chi connectivity index (χ1n) is 6.79. The summed E-state index contributed by atoms with van der Waals surface area (Å²) in [6.07, 6.45) is 1.77. The van der Waals surface area contributed by atoms with E-state index in [0.29, 0.717) is 25.7 Å². The highest BCUT2D eigenvalue weighted by Crippen LogP contribution is 2.31. The van der Waals surface area contributed by atoms with Crippen molar-refractivity contribution in [3.05, 3.63) is 29.6 Å². The number of benzene rings is 1. The van der Waals surface area contributed by atoms with Crippen LogP contribution in [0.25, 0.3) is 0 Å². The zero-order valence-corrected chi connectivity index (χ0v) is 11.8. The maximum atomic E-state index is 13.4. The van der Waals surface area contributed by atoms with Gasteiger partial charge in [0, 0.05) is 18.4 Å². The third-order valence-corrected chi connectivity index (χ3v) is 3.81. The van der Waals surface area contributed by atoms with Crippen LogP contribution in [0.5, 0.6) is 5.75 Å². The van der Waals surface area contributed by atoms with Crippen molar-refractivity contribution in [1.82, 2.24) is 5.32 Å². The second-order valence-electron chi connectivity index (χ2n) is 5.37. The number of halogens is 1. The fraction of sp³-hybridized carbons (Fsp3) is 0.467. The molecule has 0 saturated carbocycles. The number of aliphatic carboxylic acids is 1. The standard InChI is InChI=1S/C15H18FNO4/c1-21-12-8-10(2-3-11(12)16)9-15(7-5-14(19)20)6-4-13(18)17-15/h2-3,8H,4-7,9H2,1H3,(H,17,18)(H,19,20)/t15-/m1/s1. The number of nitrogens with one attached hydrogen (secondary N) is 1. The van der Waals surface area contributed by atoms with Crippen LogP contribution in [0.15, 0.2) is 18.2 Å². The molecule has 0 unspecified atom stereocenters. The molecule has 21 heavy (non-hydrogen) atoms. The topological polar surface area (TPSA) is 75.6 Å². The molecule has 1 aliphatic rings. The summed E-state index contributed by atoms with van der Waals surface area (Å²) in [5, 5.41) is 11.7. The number of carbonyl (C=O) groups is 2. The Hall–Kier alpha value is -2.11. The van der Waals surface area contributed by atoms with E-state index in [1.165, 1.54) is 13.2 Å². The van der Waals surface area contributed by atoms with Gasteiger partial charge in [-0.25, -0.2) is 4.39 Å². The lowest BCUT2D eigenvalue weighted by Crippen LogP contribution is -2.44. The van der Waals surface area contributed by atoms with Gasteiger partial charge in [-0.3, -0.25) is 9.59 Å². The van der Waals surface area contributed by atoms with Crippen LogP contribution < -0.4 is 10.1 Å². The third-order valence-electron chi connectivity index (χ3n) is 3.81. The molecular weight excluding hydrogens is 277 g/mol. The molecule has 1 atom stereocenters. The molecule has 2 N–H and O–H groups in total. The van der Waals surface area contributed by atoms with E-state index in [1.807, 2.05) is 0 Å². The summed E-state index contributed by atoms with van der Waals surface area (Å²) in [5.74, 6) is -1.27. The number of amides is 1. The van der Waals surface area contributed by atoms with Gasteiger partial charge in [0.15, 0.2) is 11.6 Å². The van der Waals surface area contributed by atoms with E-state index >= 15 is 0 Å². The molecule has 0 radical (unpaired) electrons. The Morgan fingerprint density at radius 3 is 2.86 bits per heavy atom. The fourth-order valence-corrected chi connectivity index (χ4v) is 2.73. The molecule has 1 heterocycles. The molecule has 1 aromatic rings. The summed E-state index contributed by atoms with van der Waals surface area (Å²) in [6, 6.07) is 4.53. The van der Waals surface area contributed by atoms with Crippen LogP contribution in [-0.2, 0) is 16.0 Å². The predicted molar refractivity (Wildman–Crippen MR) is 73.6 cm³/mol. The Morgan fingerprint density at radius 2 is 2.29 bits per heavy atom. The molecule has 0 aliphatic carbocycles. The van der Waals surface area contributed by atoms with E-state index in [-0.39, 0.29) is 18.1 Å². The van der Waals surface area contributed by atoms with Gasteiger partial charge in [0.2, 0.25) is 5.91 Å². The summed E-state index contributed by atoms with van der Waals surface area (Å²) in [4.78, 5) is 22.3. The van der Waals surface area contributed by atoms with Crippen LogP contribution in [0.3, 0.4) is 0 Å². The minimum Gasteiger partial charge on any atom is -0.494 e. The number of hydrogen-bond acceptors (Lipinski definition) is 3. The largest absolute Gasteiger partial charge is 0.494 e. The maximum Gasteiger partial charge on any atom is 0.303 e. The zero-order chi connectivity index (χ0) is 15.5. The molecule has 1 aliphatic heterocycles. The average Bonchev–Trinajstić information content (AvgIpc) is 2.80. The van der Waals surface area contributed by atoms with Gasteiger partial charge in [-0.2, -0.15) is 0 Å². The van der Waals surface area contributed by atoms with E-state index in [1.54, 1.807) is 12.1 Å². The number of hydrogen-bond donors (Lipinski definition) is 2. The van der Waals surface area contributed by atoms with E-state index in [0.717, 1.165) is 5.56 Å². The highest BCUT2D eigenvalue weighted by atomic mass is 19.1. The van der Waals surface area contributed by atoms with Gasteiger partial charge in [0.05, 0.1) is 7.11 Å². The number of carboxylic acids is 1. The first-order chi connectivity index (χ1) is 9.94. The van der Waals surface area contributed by atoms with Crippen molar-refractivity contribution in [1.29, 1.82) is 0 Å². The first kappa shape index (κ1) is 15.3. The van der Waals surface area contributed by atoms with Crippen molar-refractivity contribution in [2.24, 2.45) is 0 Å². The third kappa shape index (κ3) is 3.71. The Morgan fingerprint density at radius 1 is 1.52 bits per heavy atom. The van der Waals surface area contributed by atoms with Crippen LogP contribution in [0.2, 0.25) is 0 Å².